The number of carbonyl (C=O) groups is 1. The van der Waals surface area contributed by atoms with Crippen LogP contribution in [-0.4, -0.2) is 18.6 Å². The van der Waals surface area contributed by atoms with Gasteiger partial charge in [-0.25, -0.2) is 0 Å². The van der Waals surface area contributed by atoms with Crippen LogP contribution in [0.5, 0.6) is 5.75 Å². The van der Waals surface area contributed by atoms with Crippen LogP contribution in [0, 0.1) is 13.8 Å². The molecular formula is C19H21F2NO2. The van der Waals surface area contributed by atoms with E-state index in [4.69, 9.17) is 0 Å². The molecule has 2 aromatic carbocycles. The summed E-state index contributed by atoms with van der Waals surface area (Å²) in [5.74, 6) is -0.483. The van der Waals surface area contributed by atoms with Gasteiger partial charge < -0.3 is 9.64 Å². The van der Waals surface area contributed by atoms with Crippen LogP contribution in [0.1, 0.15) is 35.3 Å². The molecule has 0 heterocycles. The van der Waals surface area contributed by atoms with Crippen molar-refractivity contribution in [1.82, 2.24) is 0 Å². The predicted octanol–water partition coefficient (Wildman–Crippen LogP) is 4.96. The van der Waals surface area contributed by atoms with E-state index in [9.17, 15) is 13.6 Å². The van der Waals surface area contributed by atoms with Gasteiger partial charge in [0.15, 0.2) is 0 Å². The third-order valence-electron chi connectivity index (χ3n) is 3.69. The summed E-state index contributed by atoms with van der Waals surface area (Å²) in [5.41, 5.74) is 2.84. The predicted molar refractivity (Wildman–Crippen MR) is 90.9 cm³/mol. The van der Waals surface area contributed by atoms with Gasteiger partial charge >= 0.3 is 6.61 Å². The Morgan fingerprint density at radius 1 is 1.08 bits per heavy atom. The number of anilines is 1. The highest BCUT2D eigenvalue weighted by molar-refractivity contribution is 6.08. The Morgan fingerprint density at radius 2 is 1.75 bits per heavy atom. The van der Waals surface area contributed by atoms with E-state index in [1.54, 1.807) is 17.0 Å². The minimum atomic E-state index is -2.98. The molecule has 0 aliphatic carbocycles. The maximum atomic E-state index is 13.1. The fraction of sp³-hybridized carbons (Fsp3) is 0.316. The number of rotatable bonds is 5. The van der Waals surface area contributed by atoms with Crippen molar-refractivity contribution in [3.8, 4) is 5.75 Å². The summed E-state index contributed by atoms with van der Waals surface area (Å²) in [4.78, 5) is 14.7. The summed E-state index contributed by atoms with van der Waals surface area (Å²) in [5, 5.41) is 0. The average Bonchev–Trinajstić information content (AvgIpc) is 2.50. The van der Waals surface area contributed by atoms with E-state index < -0.39 is 6.61 Å². The molecule has 0 aromatic heterocycles. The summed E-state index contributed by atoms with van der Waals surface area (Å²) in [6, 6.07) is 11.8. The van der Waals surface area contributed by atoms with Gasteiger partial charge in [0.05, 0.1) is 5.56 Å². The number of aryl methyl sites for hydroxylation is 2. The van der Waals surface area contributed by atoms with Gasteiger partial charge in [0.2, 0.25) is 0 Å². The second kappa shape index (κ2) is 7.43. The summed E-state index contributed by atoms with van der Waals surface area (Å²) in [6.45, 7) is 4.65. The van der Waals surface area contributed by atoms with Crippen LogP contribution < -0.4 is 9.64 Å². The molecular weight excluding hydrogens is 312 g/mol. The minimum absolute atomic E-state index is 0.117. The summed E-state index contributed by atoms with van der Waals surface area (Å²) in [7, 11) is 0. The largest absolute Gasteiger partial charge is 0.434 e. The Hall–Kier alpha value is -2.43. The summed E-state index contributed by atoms with van der Waals surface area (Å²) >= 11 is 0. The molecule has 5 heteroatoms. The molecule has 128 valence electrons. The van der Waals surface area contributed by atoms with E-state index in [0.717, 1.165) is 16.8 Å². The van der Waals surface area contributed by atoms with Crippen LogP contribution in [0.15, 0.2) is 42.5 Å². The fourth-order valence-electron chi connectivity index (χ4n) is 2.57. The van der Waals surface area contributed by atoms with Gasteiger partial charge in [0, 0.05) is 11.7 Å². The lowest BCUT2D eigenvalue weighted by molar-refractivity contribution is -0.0501. The molecule has 0 aliphatic heterocycles. The second-order valence-corrected chi connectivity index (χ2v) is 5.93. The van der Waals surface area contributed by atoms with Crippen molar-refractivity contribution in [3.05, 3.63) is 59.2 Å². The summed E-state index contributed by atoms with van der Waals surface area (Å²) in [6.07, 6.45) is 0. The first-order valence-electron chi connectivity index (χ1n) is 7.76. The smallest absolute Gasteiger partial charge is 0.387 e. The van der Waals surface area contributed by atoms with E-state index in [2.05, 4.69) is 4.74 Å². The van der Waals surface area contributed by atoms with E-state index in [1.165, 1.54) is 12.1 Å². The molecule has 0 N–H and O–H groups in total. The molecule has 3 nitrogen and oxygen atoms in total. The van der Waals surface area contributed by atoms with Gasteiger partial charge in [-0.05, 0) is 57.0 Å². The lowest BCUT2D eigenvalue weighted by Crippen LogP contribution is -2.37. The first kappa shape index (κ1) is 17.9. The molecule has 0 radical (unpaired) electrons. The zero-order valence-corrected chi connectivity index (χ0v) is 14.2. The molecule has 2 rings (SSSR count). The van der Waals surface area contributed by atoms with Crippen molar-refractivity contribution in [3.63, 3.8) is 0 Å². The Bertz CT molecular complexity index is 729. The van der Waals surface area contributed by atoms with Gasteiger partial charge in [-0.1, -0.05) is 24.3 Å². The number of alkyl halides is 2. The number of halogens is 2. The quantitative estimate of drug-likeness (QED) is 0.774. The molecule has 0 spiro atoms. The average molecular weight is 333 g/mol. The highest BCUT2D eigenvalue weighted by Gasteiger charge is 2.25. The van der Waals surface area contributed by atoms with Crippen molar-refractivity contribution in [2.24, 2.45) is 0 Å². The van der Waals surface area contributed by atoms with E-state index in [0.29, 0.717) is 0 Å². The molecule has 0 atom stereocenters. The third-order valence-corrected chi connectivity index (χ3v) is 3.69. The number of para-hydroxylation sites is 1. The molecule has 0 aliphatic rings. The monoisotopic (exact) mass is 333 g/mol. The SMILES string of the molecule is Cc1ccc(C)c(N(C(=O)c2ccccc2OC(F)F)C(C)C)c1. The van der Waals surface area contributed by atoms with Crippen molar-refractivity contribution < 1.29 is 18.3 Å². The Balaban J connectivity index is 2.50. The van der Waals surface area contributed by atoms with Crippen molar-refractivity contribution in [1.29, 1.82) is 0 Å². The molecule has 1 amide bonds. The van der Waals surface area contributed by atoms with Crippen molar-refractivity contribution in [2.45, 2.75) is 40.3 Å². The number of ether oxygens (including phenoxy) is 1. The standard InChI is InChI=1S/C19H21F2NO2/c1-12(2)22(16-11-13(3)9-10-14(16)4)18(23)15-7-5-6-8-17(15)24-19(20)21/h5-12,19H,1-4H3. The highest BCUT2D eigenvalue weighted by atomic mass is 19.3. The van der Waals surface area contributed by atoms with Crippen LogP contribution >= 0.6 is 0 Å². The molecule has 0 fully saturated rings. The molecule has 0 saturated heterocycles. The lowest BCUT2D eigenvalue weighted by Gasteiger charge is -2.29. The van der Waals surface area contributed by atoms with Crippen LogP contribution in [0.2, 0.25) is 0 Å². The Kier molecular flexibility index (Phi) is 5.54. The van der Waals surface area contributed by atoms with Crippen molar-refractivity contribution >= 4 is 11.6 Å². The first-order chi connectivity index (χ1) is 11.3. The normalized spacial score (nSPS) is 11.0. The number of hydrogen-bond donors (Lipinski definition) is 0. The zero-order valence-electron chi connectivity index (χ0n) is 14.2. The molecule has 0 bridgehead atoms. The molecule has 0 saturated carbocycles. The number of amides is 1. The van der Waals surface area contributed by atoms with Crippen LogP contribution in [-0.2, 0) is 0 Å². The first-order valence-corrected chi connectivity index (χ1v) is 7.76. The lowest BCUT2D eigenvalue weighted by atomic mass is 10.1. The maximum Gasteiger partial charge on any atom is 0.387 e. The van der Waals surface area contributed by atoms with E-state index in [-0.39, 0.29) is 23.3 Å². The van der Waals surface area contributed by atoms with Crippen LogP contribution in [0.3, 0.4) is 0 Å². The minimum Gasteiger partial charge on any atom is -0.434 e. The number of nitrogens with zero attached hydrogens (tertiary/aromatic N) is 1. The Labute approximate surface area is 140 Å². The second-order valence-electron chi connectivity index (χ2n) is 5.93. The van der Waals surface area contributed by atoms with Crippen LogP contribution in [0.4, 0.5) is 14.5 Å². The highest BCUT2D eigenvalue weighted by Crippen LogP contribution is 2.29. The van der Waals surface area contributed by atoms with Gasteiger partial charge in [0.25, 0.3) is 5.91 Å². The molecule has 24 heavy (non-hydrogen) atoms. The van der Waals surface area contributed by atoms with Gasteiger partial charge in [0.1, 0.15) is 5.75 Å². The van der Waals surface area contributed by atoms with E-state index >= 15 is 0 Å². The third kappa shape index (κ3) is 3.91. The Morgan fingerprint density at radius 3 is 2.38 bits per heavy atom. The number of benzene rings is 2. The van der Waals surface area contributed by atoms with Gasteiger partial charge in [-0.2, -0.15) is 8.78 Å². The van der Waals surface area contributed by atoms with E-state index in [1.807, 2.05) is 45.9 Å². The topological polar surface area (TPSA) is 29.5 Å². The fourth-order valence-corrected chi connectivity index (χ4v) is 2.57. The van der Waals surface area contributed by atoms with Gasteiger partial charge in [-0.3, -0.25) is 4.79 Å². The van der Waals surface area contributed by atoms with Gasteiger partial charge in [-0.15, -0.1) is 0 Å². The maximum absolute atomic E-state index is 13.1. The number of hydrogen-bond acceptors (Lipinski definition) is 2. The molecule has 0 unspecified atom stereocenters. The molecule has 2 aromatic rings. The summed E-state index contributed by atoms with van der Waals surface area (Å²) < 4.78 is 29.7. The van der Waals surface area contributed by atoms with Crippen molar-refractivity contribution in [2.75, 3.05) is 4.90 Å². The zero-order chi connectivity index (χ0) is 17.9. The van der Waals surface area contributed by atoms with Crippen LogP contribution in [0.25, 0.3) is 0 Å². The number of carbonyl (C=O) groups excluding carboxylic acids is 1.